The molecular formula is C34H41NO5. The van der Waals surface area contributed by atoms with E-state index in [1.807, 2.05) is 75.4 Å². The predicted molar refractivity (Wildman–Crippen MR) is 157 cm³/mol. The van der Waals surface area contributed by atoms with Gasteiger partial charge in [-0.25, -0.2) is 0 Å². The van der Waals surface area contributed by atoms with Crippen LogP contribution in [0.1, 0.15) is 69.6 Å². The van der Waals surface area contributed by atoms with Crippen molar-refractivity contribution in [3.05, 3.63) is 96.3 Å². The van der Waals surface area contributed by atoms with Gasteiger partial charge in [-0.2, -0.15) is 0 Å². The van der Waals surface area contributed by atoms with E-state index in [9.17, 15) is 14.4 Å². The van der Waals surface area contributed by atoms with Crippen molar-refractivity contribution in [3.8, 4) is 0 Å². The van der Waals surface area contributed by atoms with Gasteiger partial charge in [-0.3, -0.25) is 14.4 Å². The van der Waals surface area contributed by atoms with Crippen LogP contribution in [0.2, 0.25) is 0 Å². The van der Waals surface area contributed by atoms with E-state index >= 15 is 0 Å². The molecular weight excluding hydrogens is 502 g/mol. The Kier molecular flexibility index (Phi) is 10.7. The summed E-state index contributed by atoms with van der Waals surface area (Å²) >= 11 is 0. The van der Waals surface area contributed by atoms with Crippen LogP contribution in [-0.2, 0) is 36.9 Å². The van der Waals surface area contributed by atoms with Crippen LogP contribution in [0.15, 0.2) is 79.6 Å². The van der Waals surface area contributed by atoms with E-state index in [1.54, 1.807) is 6.08 Å². The molecule has 1 N–H and O–H groups in total. The van der Waals surface area contributed by atoms with Gasteiger partial charge in [0.15, 0.2) is 0 Å². The highest BCUT2D eigenvalue weighted by Crippen LogP contribution is 2.41. The lowest BCUT2D eigenvalue weighted by atomic mass is 9.81. The normalized spacial score (nSPS) is 14.9. The molecule has 1 amide bonds. The average Bonchev–Trinajstić information content (AvgIpc) is 3.40. The number of ether oxygens (including phenoxy) is 2. The molecule has 0 heterocycles. The van der Waals surface area contributed by atoms with Crippen LogP contribution in [0.4, 0.5) is 0 Å². The number of allylic oxidation sites excluding steroid dienone is 2. The van der Waals surface area contributed by atoms with Gasteiger partial charge in [0.2, 0.25) is 5.91 Å². The van der Waals surface area contributed by atoms with E-state index < -0.39 is 22.9 Å². The van der Waals surface area contributed by atoms with Crippen molar-refractivity contribution in [3.63, 3.8) is 0 Å². The molecule has 40 heavy (non-hydrogen) atoms. The first kappa shape index (κ1) is 30.6. The van der Waals surface area contributed by atoms with E-state index in [-0.39, 0.29) is 31.4 Å². The average molecular weight is 544 g/mol. The first-order valence-corrected chi connectivity index (χ1v) is 13.9. The minimum atomic E-state index is -0.827. The molecule has 0 aromatic heterocycles. The fraction of sp³-hybridized carbons (Fsp3) is 0.412. The number of hydrogen-bond donors (Lipinski definition) is 1. The number of amides is 1. The summed E-state index contributed by atoms with van der Waals surface area (Å²) in [7, 11) is 0. The summed E-state index contributed by atoms with van der Waals surface area (Å²) in [6.07, 6.45) is 5.06. The van der Waals surface area contributed by atoms with Crippen LogP contribution >= 0.6 is 0 Å². The second-order valence-electron chi connectivity index (χ2n) is 11.4. The second-order valence-corrected chi connectivity index (χ2v) is 11.4. The fourth-order valence-corrected chi connectivity index (χ4v) is 5.03. The summed E-state index contributed by atoms with van der Waals surface area (Å²) in [5.41, 5.74) is 4.93. The molecule has 1 aliphatic carbocycles. The molecule has 3 rings (SSSR count). The SMILES string of the molecule is C=C=C(C=C)c1ccc(CC(CNC(=O)C2(CC(=O)OCc3ccccc3)CCCC2)C(=O)OC(C)(C)C)cc1. The smallest absolute Gasteiger partial charge is 0.311 e. The Hall–Kier alpha value is -3.89. The maximum Gasteiger partial charge on any atom is 0.311 e. The summed E-state index contributed by atoms with van der Waals surface area (Å²) in [6.45, 7) is 13.2. The van der Waals surface area contributed by atoms with Crippen LogP contribution in [-0.4, -0.2) is 30.0 Å². The van der Waals surface area contributed by atoms with Crippen molar-refractivity contribution >= 4 is 23.4 Å². The summed E-state index contributed by atoms with van der Waals surface area (Å²) < 4.78 is 11.2. The molecule has 1 saturated carbocycles. The van der Waals surface area contributed by atoms with Gasteiger partial charge >= 0.3 is 11.9 Å². The molecule has 0 spiro atoms. The highest BCUT2D eigenvalue weighted by Gasteiger charge is 2.43. The molecule has 1 atom stereocenters. The Morgan fingerprint density at radius 3 is 2.25 bits per heavy atom. The van der Waals surface area contributed by atoms with Gasteiger partial charge in [-0.15, -0.1) is 5.73 Å². The molecule has 1 aliphatic rings. The molecule has 0 bridgehead atoms. The van der Waals surface area contributed by atoms with Crippen LogP contribution in [0.25, 0.3) is 5.57 Å². The van der Waals surface area contributed by atoms with E-state index in [2.05, 4.69) is 24.2 Å². The largest absolute Gasteiger partial charge is 0.461 e. The third kappa shape index (κ3) is 8.82. The number of benzene rings is 2. The number of carbonyl (C=O) groups is 3. The third-order valence-corrected chi connectivity index (χ3v) is 7.16. The molecule has 212 valence electrons. The molecule has 0 saturated heterocycles. The molecule has 6 heteroatoms. The van der Waals surface area contributed by atoms with Gasteiger partial charge in [-0.05, 0) is 56.7 Å². The van der Waals surface area contributed by atoms with Crippen LogP contribution in [0.5, 0.6) is 0 Å². The summed E-state index contributed by atoms with van der Waals surface area (Å²) in [4.78, 5) is 39.4. The zero-order valence-electron chi connectivity index (χ0n) is 24.0. The van der Waals surface area contributed by atoms with E-state index in [0.717, 1.165) is 35.1 Å². The van der Waals surface area contributed by atoms with Crippen LogP contribution < -0.4 is 5.32 Å². The van der Waals surface area contributed by atoms with E-state index in [1.165, 1.54) is 0 Å². The van der Waals surface area contributed by atoms with Gasteiger partial charge in [0.25, 0.3) is 0 Å². The minimum Gasteiger partial charge on any atom is -0.461 e. The molecule has 6 nitrogen and oxygen atoms in total. The lowest BCUT2D eigenvalue weighted by Gasteiger charge is -2.29. The Labute approximate surface area is 238 Å². The second kappa shape index (κ2) is 14.0. The topological polar surface area (TPSA) is 81.7 Å². The maximum absolute atomic E-state index is 13.5. The lowest BCUT2D eigenvalue weighted by Crippen LogP contribution is -2.45. The van der Waals surface area contributed by atoms with E-state index in [4.69, 9.17) is 9.47 Å². The monoisotopic (exact) mass is 543 g/mol. The van der Waals surface area contributed by atoms with Gasteiger partial charge < -0.3 is 14.8 Å². The zero-order chi connectivity index (χ0) is 29.2. The van der Waals surface area contributed by atoms with Crippen molar-refractivity contribution < 1.29 is 23.9 Å². The van der Waals surface area contributed by atoms with Crippen molar-refractivity contribution in [2.24, 2.45) is 11.3 Å². The van der Waals surface area contributed by atoms with Crippen molar-refractivity contribution in [1.82, 2.24) is 5.32 Å². The number of nitrogens with one attached hydrogen (secondary N) is 1. The Morgan fingerprint density at radius 2 is 1.68 bits per heavy atom. The number of carbonyl (C=O) groups excluding carboxylic acids is 3. The maximum atomic E-state index is 13.5. The van der Waals surface area contributed by atoms with Crippen molar-refractivity contribution in [2.75, 3.05) is 6.54 Å². The van der Waals surface area contributed by atoms with E-state index in [0.29, 0.717) is 19.3 Å². The molecule has 2 aromatic carbocycles. The number of esters is 2. The molecule has 2 aromatic rings. The van der Waals surface area contributed by atoms with Gasteiger partial charge in [-0.1, -0.05) is 86.7 Å². The zero-order valence-corrected chi connectivity index (χ0v) is 24.0. The lowest BCUT2D eigenvalue weighted by molar-refractivity contribution is -0.160. The van der Waals surface area contributed by atoms with Gasteiger partial charge in [0.05, 0.1) is 17.8 Å². The summed E-state index contributed by atoms with van der Waals surface area (Å²) in [5.74, 6) is -1.57. The van der Waals surface area contributed by atoms with Crippen molar-refractivity contribution in [2.45, 2.75) is 71.5 Å². The summed E-state index contributed by atoms with van der Waals surface area (Å²) in [6, 6.07) is 17.2. The highest BCUT2D eigenvalue weighted by molar-refractivity contribution is 5.88. The number of rotatable bonds is 12. The molecule has 1 fully saturated rings. The molecule has 0 radical (unpaired) electrons. The van der Waals surface area contributed by atoms with Crippen LogP contribution in [0.3, 0.4) is 0 Å². The quantitative estimate of drug-likeness (QED) is 0.192. The predicted octanol–water partition coefficient (Wildman–Crippen LogP) is 6.35. The fourth-order valence-electron chi connectivity index (χ4n) is 5.03. The Balaban J connectivity index is 1.69. The first-order chi connectivity index (χ1) is 19.0. The highest BCUT2D eigenvalue weighted by atomic mass is 16.6. The molecule has 1 unspecified atom stereocenters. The van der Waals surface area contributed by atoms with Crippen molar-refractivity contribution in [1.29, 1.82) is 0 Å². The van der Waals surface area contributed by atoms with Crippen LogP contribution in [0, 0.1) is 11.3 Å². The summed E-state index contributed by atoms with van der Waals surface area (Å²) in [5, 5.41) is 3.00. The first-order valence-electron chi connectivity index (χ1n) is 13.9. The number of hydrogen-bond acceptors (Lipinski definition) is 5. The van der Waals surface area contributed by atoms with Gasteiger partial charge in [0.1, 0.15) is 12.2 Å². The Bertz CT molecular complexity index is 1230. The third-order valence-electron chi connectivity index (χ3n) is 7.16. The molecule has 0 aliphatic heterocycles. The van der Waals surface area contributed by atoms with Gasteiger partial charge in [0, 0.05) is 12.1 Å². The minimum absolute atomic E-state index is 0.0205. The standard InChI is InChI=1S/C34H41NO5/c1-6-27(7-2)28-17-15-25(16-18-28)21-29(31(37)40-33(3,4)5)23-35-32(38)34(19-11-12-20-34)22-30(36)39-24-26-13-9-8-10-14-26/h6,8-10,13-18,29H,1-2,11-12,19-24H2,3-5H3,(H,35,38). The Morgan fingerprint density at radius 1 is 1.02 bits per heavy atom.